The van der Waals surface area contributed by atoms with E-state index in [0.717, 1.165) is 22.0 Å². The number of hydrogen-bond acceptors (Lipinski definition) is 2. The molecule has 0 aliphatic carbocycles. The van der Waals surface area contributed by atoms with Gasteiger partial charge in [-0.1, -0.05) is 12.1 Å². The number of aliphatic carboxylic acids is 1. The lowest BCUT2D eigenvalue weighted by Crippen LogP contribution is -2.41. The summed E-state index contributed by atoms with van der Waals surface area (Å²) in [5, 5.41) is 12.5. The van der Waals surface area contributed by atoms with Crippen LogP contribution >= 0.6 is 0 Å². The number of fused-ring (bicyclic) bond motifs is 1. The Kier molecular flexibility index (Phi) is 3.55. The van der Waals surface area contributed by atoms with Crippen LogP contribution in [0.15, 0.2) is 24.4 Å². The van der Waals surface area contributed by atoms with Crippen LogP contribution < -0.4 is 5.32 Å². The van der Waals surface area contributed by atoms with Crippen molar-refractivity contribution < 1.29 is 14.7 Å². The number of rotatable bonds is 4. The van der Waals surface area contributed by atoms with Gasteiger partial charge in [0.1, 0.15) is 6.04 Å². The molecule has 0 aliphatic rings. The molecular weight excluding hydrogens is 244 g/mol. The van der Waals surface area contributed by atoms with Crippen LogP contribution in [0.1, 0.15) is 18.1 Å². The van der Waals surface area contributed by atoms with E-state index in [2.05, 4.69) is 10.3 Å². The van der Waals surface area contributed by atoms with E-state index < -0.39 is 12.0 Å². The fraction of sp³-hybridized carbons (Fsp3) is 0.286. The summed E-state index contributed by atoms with van der Waals surface area (Å²) in [5.74, 6) is -1.38. The molecule has 5 heteroatoms. The van der Waals surface area contributed by atoms with Crippen LogP contribution in [0.2, 0.25) is 0 Å². The summed E-state index contributed by atoms with van der Waals surface area (Å²) in [6, 6.07) is 5.04. The molecule has 0 bridgehead atoms. The molecule has 0 spiro atoms. The number of carbonyl (C=O) groups is 2. The van der Waals surface area contributed by atoms with E-state index in [4.69, 9.17) is 5.11 Å². The zero-order valence-electron chi connectivity index (χ0n) is 10.9. The summed E-state index contributed by atoms with van der Waals surface area (Å²) in [5.41, 5.74) is 3.00. The van der Waals surface area contributed by atoms with Crippen LogP contribution in [0.4, 0.5) is 0 Å². The van der Waals surface area contributed by atoms with Crippen LogP contribution in [0.5, 0.6) is 0 Å². The van der Waals surface area contributed by atoms with Gasteiger partial charge in [0, 0.05) is 30.4 Å². The van der Waals surface area contributed by atoms with E-state index in [9.17, 15) is 9.59 Å². The zero-order chi connectivity index (χ0) is 14.0. The van der Waals surface area contributed by atoms with Gasteiger partial charge in [0.15, 0.2) is 0 Å². The number of carbonyl (C=O) groups excluding carboxylic acids is 1. The third-order valence-corrected chi connectivity index (χ3v) is 3.02. The lowest BCUT2D eigenvalue weighted by atomic mass is 10.0. The van der Waals surface area contributed by atoms with Crippen molar-refractivity contribution in [2.24, 2.45) is 0 Å². The Labute approximate surface area is 110 Å². The highest BCUT2D eigenvalue weighted by Crippen LogP contribution is 2.20. The molecule has 1 heterocycles. The van der Waals surface area contributed by atoms with Crippen LogP contribution in [0, 0.1) is 6.92 Å². The standard InChI is InChI=1S/C14H16N2O3/c1-8-3-4-11-10(7-15-12(11)5-8)6-13(14(18)19)16-9(2)17/h3-5,7,13,15H,6H2,1-2H3,(H,16,17)(H,18,19). The number of benzene rings is 1. The number of carboxylic acids is 1. The lowest BCUT2D eigenvalue weighted by Gasteiger charge is -2.12. The second-order valence-corrected chi connectivity index (χ2v) is 4.66. The van der Waals surface area contributed by atoms with Gasteiger partial charge in [-0.05, 0) is 24.1 Å². The number of amides is 1. The molecule has 0 saturated carbocycles. The monoisotopic (exact) mass is 260 g/mol. The molecule has 0 aliphatic heterocycles. The van der Waals surface area contributed by atoms with Crippen molar-refractivity contribution in [1.82, 2.24) is 10.3 Å². The summed E-state index contributed by atoms with van der Waals surface area (Å²) in [6.45, 7) is 3.31. The first-order valence-corrected chi connectivity index (χ1v) is 6.04. The third kappa shape index (κ3) is 2.93. The van der Waals surface area contributed by atoms with Crippen LogP contribution in [-0.4, -0.2) is 28.0 Å². The van der Waals surface area contributed by atoms with Crippen LogP contribution in [0.3, 0.4) is 0 Å². The highest BCUT2D eigenvalue weighted by molar-refractivity contribution is 5.86. The van der Waals surface area contributed by atoms with Gasteiger partial charge in [0.25, 0.3) is 0 Å². The Balaban J connectivity index is 2.28. The molecule has 0 saturated heterocycles. The molecule has 0 fully saturated rings. The van der Waals surface area contributed by atoms with Gasteiger partial charge in [-0.25, -0.2) is 4.79 Å². The fourth-order valence-electron chi connectivity index (χ4n) is 2.13. The van der Waals surface area contributed by atoms with E-state index in [-0.39, 0.29) is 12.3 Å². The second kappa shape index (κ2) is 5.14. The second-order valence-electron chi connectivity index (χ2n) is 4.66. The maximum atomic E-state index is 11.1. The molecule has 3 N–H and O–H groups in total. The van der Waals surface area contributed by atoms with Gasteiger partial charge in [-0.2, -0.15) is 0 Å². The highest BCUT2D eigenvalue weighted by Gasteiger charge is 2.20. The van der Waals surface area contributed by atoms with Crippen molar-refractivity contribution in [3.63, 3.8) is 0 Å². The summed E-state index contributed by atoms with van der Waals surface area (Å²) in [7, 11) is 0. The summed E-state index contributed by atoms with van der Waals surface area (Å²) in [6.07, 6.45) is 2.06. The van der Waals surface area contributed by atoms with Crippen molar-refractivity contribution in [3.8, 4) is 0 Å². The molecular formula is C14H16N2O3. The van der Waals surface area contributed by atoms with Crippen LogP contribution in [-0.2, 0) is 16.0 Å². The van der Waals surface area contributed by atoms with E-state index in [1.807, 2.05) is 25.1 Å². The first kappa shape index (κ1) is 13.1. The van der Waals surface area contributed by atoms with Gasteiger partial charge in [0.2, 0.25) is 5.91 Å². The topological polar surface area (TPSA) is 82.2 Å². The first-order valence-electron chi connectivity index (χ1n) is 6.04. The van der Waals surface area contributed by atoms with E-state index >= 15 is 0 Å². The maximum absolute atomic E-state index is 11.1. The van der Waals surface area contributed by atoms with Crippen molar-refractivity contribution in [3.05, 3.63) is 35.5 Å². The Bertz CT molecular complexity index is 631. The molecule has 1 unspecified atom stereocenters. The summed E-state index contributed by atoms with van der Waals surface area (Å²) in [4.78, 5) is 25.3. The molecule has 0 radical (unpaired) electrons. The Morgan fingerprint density at radius 2 is 2.16 bits per heavy atom. The first-order chi connectivity index (χ1) is 8.97. The molecule has 5 nitrogen and oxygen atoms in total. The molecule has 1 atom stereocenters. The number of aryl methyl sites for hydroxylation is 1. The minimum Gasteiger partial charge on any atom is -0.480 e. The number of aromatic amines is 1. The quantitative estimate of drug-likeness (QED) is 0.781. The van der Waals surface area contributed by atoms with E-state index in [0.29, 0.717) is 0 Å². The zero-order valence-corrected chi connectivity index (χ0v) is 10.9. The molecule has 19 heavy (non-hydrogen) atoms. The van der Waals surface area contributed by atoms with E-state index in [1.54, 1.807) is 6.20 Å². The minimum atomic E-state index is -1.03. The number of nitrogens with one attached hydrogen (secondary N) is 2. The predicted molar refractivity (Wildman–Crippen MR) is 72.0 cm³/mol. The SMILES string of the molecule is CC(=O)NC(Cc1c[nH]c2cc(C)ccc12)C(=O)O. The van der Waals surface area contributed by atoms with Crippen molar-refractivity contribution >= 4 is 22.8 Å². The molecule has 2 rings (SSSR count). The third-order valence-electron chi connectivity index (χ3n) is 3.02. The average Bonchev–Trinajstić information content (AvgIpc) is 2.70. The largest absolute Gasteiger partial charge is 0.480 e. The summed E-state index contributed by atoms with van der Waals surface area (Å²) >= 11 is 0. The van der Waals surface area contributed by atoms with Crippen molar-refractivity contribution in [2.75, 3.05) is 0 Å². The number of H-pyrrole nitrogens is 1. The van der Waals surface area contributed by atoms with Gasteiger partial charge in [-0.15, -0.1) is 0 Å². The fourth-order valence-corrected chi connectivity index (χ4v) is 2.13. The normalized spacial score (nSPS) is 12.3. The molecule has 1 amide bonds. The number of hydrogen-bond donors (Lipinski definition) is 3. The Morgan fingerprint density at radius 1 is 1.42 bits per heavy atom. The highest BCUT2D eigenvalue weighted by atomic mass is 16.4. The maximum Gasteiger partial charge on any atom is 0.326 e. The summed E-state index contributed by atoms with van der Waals surface area (Å²) < 4.78 is 0. The van der Waals surface area contributed by atoms with Gasteiger partial charge >= 0.3 is 5.97 Å². The Morgan fingerprint density at radius 3 is 2.79 bits per heavy atom. The van der Waals surface area contributed by atoms with Gasteiger partial charge < -0.3 is 15.4 Å². The minimum absolute atomic E-state index is 0.262. The predicted octanol–water partition coefficient (Wildman–Crippen LogP) is 1.61. The smallest absolute Gasteiger partial charge is 0.326 e. The molecule has 2 aromatic rings. The van der Waals surface area contributed by atoms with Crippen LogP contribution in [0.25, 0.3) is 10.9 Å². The molecule has 100 valence electrons. The Hall–Kier alpha value is -2.30. The molecule has 1 aromatic heterocycles. The van der Waals surface area contributed by atoms with Crippen molar-refractivity contribution in [1.29, 1.82) is 0 Å². The number of carboxylic acid groups (broad SMARTS) is 1. The van der Waals surface area contributed by atoms with Crippen molar-refractivity contribution in [2.45, 2.75) is 26.3 Å². The van der Waals surface area contributed by atoms with Gasteiger partial charge in [-0.3, -0.25) is 4.79 Å². The van der Waals surface area contributed by atoms with E-state index in [1.165, 1.54) is 6.92 Å². The lowest BCUT2D eigenvalue weighted by molar-refractivity contribution is -0.141. The average molecular weight is 260 g/mol. The van der Waals surface area contributed by atoms with Gasteiger partial charge in [0.05, 0.1) is 0 Å². The molecule has 1 aromatic carbocycles. The number of aromatic nitrogens is 1.